The Morgan fingerprint density at radius 3 is 2.69 bits per heavy atom. The third kappa shape index (κ3) is 3.66. The second kappa shape index (κ2) is 7.01. The van der Waals surface area contributed by atoms with Crippen LogP contribution in [0.2, 0.25) is 0 Å². The first-order valence-corrected chi connectivity index (χ1v) is 8.57. The van der Waals surface area contributed by atoms with Crippen LogP contribution in [0.3, 0.4) is 0 Å². The van der Waals surface area contributed by atoms with Crippen molar-refractivity contribution in [1.82, 2.24) is 19.6 Å². The number of carbonyl (C=O) groups is 1. The highest BCUT2D eigenvalue weighted by molar-refractivity contribution is 6.04. The molecule has 0 saturated heterocycles. The van der Waals surface area contributed by atoms with Gasteiger partial charge in [0.1, 0.15) is 5.82 Å². The quantitative estimate of drug-likeness (QED) is 0.557. The standard InChI is InChI=1S/C20H14F3N5O/c1-12-3-4-13(9-15(12)16-11-26-28-8-2-6-25-18(16)28)19(29)27-17-10-14(5-7-24-17)20(21,22)23/h2-11H,1H3,(H,24,27,29). The molecule has 29 heavy (non-hydrogen) atoms. The fraction of sp³-hybridized carbons (Fsp3) is 0.100. The van der Waals surface area contributed by atoms with Gasteiger partial charge in [-0.05, 0) is 48.4 Å². The van der Waals surface area contributed by atoms with Crippen molar-refractivity contribution in [2.45, 2.75) is 13.1 Å². The largest absolute Gasteiger partial charge is 0.416 e. The summed E-state index contributed by atoms with van der Waals surface area (Å²) in [5.41, 5.74) is 2.43. The van der Waals surface area contributed by atoms with Gasteiger partial charge in [0, 0.05) is 29.7 Å². The predicted molar refractivity (Wildman–Crippen MR) is 100 cm³/mol. The molecule has 0 aliphatic heterocycles. The third-order valence-electron chi connectivity index (χ3n) is 4.40. The average Bonchev–Trinajstić information content (AvgIpc) is 3.12. The van der Waals surface area contributed by atoms with Crippen LogP contribution in [0.4, 0.5) is 19.0 Å². The third-order valence-corrected chi connectivity index (χ3v) is 4.40. The minimum Gasteiger partial charge on any atom is -0.307 e. The molecule has 0 atom stereocenters. The number of carbonyl (C=O) groups excluding carboxylic acids is 1. The van der Waals surface area contributed by atoms with Crippen LogP contribution < -0.4 is 5.32 Å². The van der Waals surface area contributed by atoms with E-state index in [9.17, 15) is 18.0 Å². The fourth-order valence-electron chi connectivity index (χ4n) is 2.93. The van der Waals surface area contributed by atoms with E-state index in [1.807, 2.05) is 6.92 Å². The Hall–Kier alpha value is -3.75. The van der Waals surface area contributed by atoms with Crippen molar-refractivity contribution in [3.05, 3.63) is 77.9 Å². The smallest absolute Gasteiger partial charge is 0.307 e. The maximum absolute atomic E-state index is 12.9. The van der Waals surface area contributed by atoms with Gasteiger partial charge in [0.25, 0.3) is 5.91 Å². The molecule has 0 unspecified atom stereocenters. The summed E-state index contributed by atoms with van der Waals surface area (Å²) in [5, 5.41) is 6.66. The second-order valence-electron chi connectivity index (χ2n) is 6.36. The van der Waals surface area contributed by atoms with Crippen LogP contribution in [0.5, 0.6) is 0 Å². The van der Waals surface area contributed by atoms with E-state index in [-0.39, 0.29) is 11.4 Å². The van der Waals surface area contributed by atoms with Gasteiger partial charge >= 0.3 is 6.18 Å². The first-order chi connectivity index (χ1) is 13.8. The van der Waals surface area contributed by atoms with Crippen molar-refractivity contribution in [1.29, 1.82) is 0 Å². The van der Waals surface area contributed by atoms with Crippen molar-refractivity contribution in [3.8, 4) is 11.1 Å². The molecule has 0 aliphatic rings. The van der Waals surface area contributed by atoms with Crippen molar-refractivity contribution in [2.75, 3.05) is 5.32 Å². The van der Waals surface area contributed by atoms with Crippen LogP contribution in [0.1, 0.15) is 21.5 Å². The summed E-state index contributed by atoms with van der Waals surface area (Å²) in [5.74, 6) is -0.743. The number of anilines is 1. The van der Waals surface area contributed by atoms with Gasteiger partial charge in [0.15, 0.2) is 5.65 Å². The van der Waals surface area contributed by atoms with Crippen LogP contribution in [-0.2, 0) is 6.18 Å². The topological polar surface area (TPSA) is 72.2 Å². The molecule has 146 valence electrons. The van der Waals surface area contributed by atoms with E-state index in [2.05, 4.69) is 20.4 Å². The number of aryl methyl sites for hydroxylation is 1. The number of amides is 1. The lowest BCUT2D eigenvalue weighted by molar-refractivity contribution is -0.137. The lowest BCUT2D eigenvalue weighted by atomic mass is 9.99. The fourth-order valence-corrected chi connectivity index (χ4v) is 2.93. The van der Waals surface area contributed by atoms with Crippen LogP contribution in [0.25, 0.3) is 16.8 Å². The van der Waals surface area contributed by atoms with Gasteiger partial charge in [-0.15, -0.1) is 0 Å². The van der Waals surface area contributed by atoms with Crippen LogP contribution in [-0.4, -0.2) is 25.5 Å². The molecule has 4 rings (SSSR count). The number of hydrogen-bond acceptors (Lipinski definition) is 4. The summed E-state index contributed by atoms with van der Waals surface area (Å²) in [6.07, 6.45) is 1.54. The van der Waals surface area contributed by atoms with E-state index in [1.165, 1.54) is 0 Å². The van der Waals surface area contributed by atoms with Gasteiger partial charge in [0.05, 0.1) is 11.8 Å². The van der Waals surface area contributed by atoms with Crippen LogP contribution in [0, 0.1) is 6.92 Å². The summed E-state index contributed by atoms with van der Waals surface area (Å²) >= 11 is 0. The van der Waals surface area contributed by atoms with E-state index in [4.69, 9.17) is 0 Å². The maximum atomic E-state index is 12.9. The highest BCUT2D eigenvalue weighted by Gasteiger charge is 2.30. The molecule has 0 saturated carbocycles. The molecule has 3 heterocycles. The molecule has 3 aromatic heterocycles. The second-order valence-corrected chi connectivity index (χ2v) is 6.36. The van der Waals surface area contributed by atoms with Crippen molar-refractivity contribution < 1.29 is 18.0 Å². The number of aromatic nitrogens is 4. The van der Waals surface area contributed by atoms with Gasteiger partial charge in [-0.25, -0.2) is 14.5 Å². The predicted octanol–water partition coefficient (Wildman–Crippen LogP) is 4.37. The van der Waals surface area contributed by atoms with E-state index < -0.39 is 17.6 Å². The molecule has 0 bridgehead atoms. The van der Waals surface area contributed by atoms with Crippen molar-refractivity contribution >= 4 is 17.4 Å². The van der Waals surface area contributed by atoms with Gasteiger partial charge in [-0.3, -0.25) is 4.79 Å². The molecule has 4 aromatic rings. The zero-order chi connectivity index (χ0) is 20.6. The van der Waals surface area contributed by atoms with Crippen molar-refractivity contribution in [3.63, 3.8) is 0 Å². The summed E-state index contributed by atoms with van der Waals surface area (Å²) in [6, 6.07) is 8.41. The van der Waals surface area contributed by atoms with E-state index >= 15 is 0 Å². The normalized spacial score (nSPS) is 11.6. The molecule has 0 radical (unpaired) electrons. The van der Waals surface area contributed by atoms with E-state index in [1.54, 1.807) is 47.4 Å². The monoisotopic (exact) mass is 397 g/mol. The molecule has 0 aliphatic carbocycles. The van der Waals surface area contributed by atoms with Crippen molar-refractivity contribution in [2.24, 2.45) is 0 Å². The number of fused-ring (bicyclic) bond motifs is 1. The highest BCUT2D eigenvalue weighted by Crippen LogP contribution is 2.30. The zero-order valence-electron chi connectivity index (χ0n) is 15.1. The van der Waals surface area contributed by atoms with E-state index in [0.717, 1.165) is 35.0 Å². The number of alkyl halides is 3. The summed E-state index contributed by atoms with van der Waals surface area (Å²) in [6.45, 7) is 1.89. The number of nitrogens with zero attached hydrogens (tertiary/aromatic N) is 4. The SMILES string of the molecule is Cc1ccc(C(=O)Nc2cc(C(F)(F)F)ccn2)cc1-c1cnn2cccnc12. The lowest BCUT2D eigenvalue weighted by Gasteiger charge is -2.10. The van der Waals surface area contributed by atoms with Gasteiger partial charge < -0.3 is 5.32 Å². The number of pyridine rings is 1. The van der Waals surface area contributed by atoms with Gasteiger partial charge in [-0.2, -0.15) is 18.3 Å². The molecule has 0 fully saturated rings. The zero-order valence-corrected chi connectivity index (χ0v) is 15.1. The Kier molecular flexibility index (Phi) is 4.50. The molecular formula is C20H14F3N5O. The Morgan fingerprint density at radius 2 is 1.90 bits per heavy atom. The molecule has 1 N–H and O–H groups in total. The van der Waals surface area contributed by atoms with Gasteiger partial charge in [0.2, 0.25) is 0 Å². The number of rotatable bonds is 3. The maximum Gasteiger partial charge on any atom is 0.416 e. The Bertz CT molecular complexity index is 1220. The Morgan fingerprint density at radius 1 is 1.07 bits per heavy atom. The minimum atomic E-state index is -4.52. The highest BCUT2D eigenvalue weighted by atomic mass is 19.4. The molecular weight excluding hydrogens is 383 g/mol. The Balaban J connectivity index is 1.66. The summed E-state index contributed by atoms with van der Waals surface area (Å²) in [7, 11) is 0. The molecule has 6 nitrogen and oxygen atoms in total. The van der Waals surface area contributed by atoms with E-state index in [0.29, 0.717) is 5.65 Å². The first-order valence-electron chi connectivity index (χ1n) is 8.57. The molecule has 1 aromatic carbocycles. The average molecular weight is 397 g/mol. The number of halogens is 3. The first kappa shape index (κ1) is 18.6. The molecule has 0 spiro atoms. The minimum absolute atomic E-state index is 0.176. The number of nitrogens with one attached hydrogen (secondary N) is 1. The number of hydrogen-bond donors (Lipinski definition) is 1. The Labute approximate surface area is 163 Å². The van der Waals surface area contributed by atoms with Gasteiger partial charge in [-0.1, -0.05) is 6.07 Å². The summed E-state index contributed by atoms with van der Waals surface area (Å²) in [4.78, 5) is 20.7. The van der Waals surface area contributed by atoms with Crippen LogP contribution >= 0.6 is 0 Å². The number of benzene rings is 1. The summed E-state index contributed by atoms with van der Waals surface area (Å²) < 4.78 is 40.2. The van der Waals surface area contributed by atoms with Crippen LogP contribution in [0.15, 0.2) is 61.2 Å². The lowest BCUT2D eigenvalue weighted by Crippen LogP contribution is -2.14. The molecule has 9 heteroatoms. The molecule has 1 amide bonds.